The molecule has 4 rings (SSSR count). The fraction of sp³-hybridized carbons (Fsp3) is 0.0526. The van der Waals surface area contributed by atoms with Gasteiger partial charge in [0.25, 0.3) is 0 Å². The molecule has 1 unspecified atom stereocenters. The molecule has 4 heteroatoms. The first-order chi connectivity index (χ1) is 11.3. The quantitative estimate of drug-likeness (QED) is 0.768. The zero-order valence-corrected chi connectivity index (χ0v) is 12.4. The molecule has 1 aromatic heterocycles. The van der Waals surface area contributed by atoms with E-state index in [0.29, 0.717) is 0 Å². The van der Waals surface area contributed by atoms with E-state index in [2.05, 4.69) is 27.0 Å². The monoisotopic (exact) mass is 301 g/mol. The van der Waals surface area contributed by atoms with Gasteiger partial charge in [-0.25, -0.2) is 0 Å². The first-order valence-electron chi connectivity index (χ1n) is 7.45. The predicted octanol–water partition coefficient (Wildman–Crippen LogP) is 4.27. The molecule has 0 aliphatic carbocycles. The van der Waals surface area contributed by atoms with Crippen LogP contribution in [0.15, 0.2) is 79.3 Å². The van der Waals surface area contributed by atoms with Crippen molar-refractivity contribution in [3.8, 4) is 0 Å². The SMILES string of the molecule is OC1=CC(c2cnccn2)N(c2ccccc2)c2ccccc21. The Morgan fingerprint density at radius 1 is 0.913 bits per heavy atom. The molecule has 1 aliphatic rings. The summed E-state index contributed by atoms with van der Waals surface area (Å²) in [6.07, 6.45) is 6.87. The number of para-hydroxylation sites is 2. The maximum Gasteiger partial charge on any atom is 0.123 e. The molecule has 2 aromatic carbocycles. The lowest BCUT2D eigenvalue weighted by atomic mass is 9.98. The number of hydrogen-bond acceptors (Lipinski definition) is 4. The Balaban J connectivity index is 1.93. The minimum atomic E-state index is -0.207. The second kappa shape index (κ2) is 5.57. The number of aliphatic hydroxyl groups excluding tert-OH is 1. The number of hydrogen-bond donors (Lipinski definition) is 1. The van der Waals surface area contributed by atoms with Gasteiger partial charge in [-0.05, 0) is 30.3 Å². The second-order valence-corrected chi connectivity index (χ2v) is 5.35. The van der Waals surface area contributed by atoms with Crippen LogP contribution in [0.4, 0.5) is 11.4 Å². The zero-order valence-electron chi connectivity index (χ0n) is 12.4. The van der Waals surface area contributed by atoms with Crippen LogP contribution >= 0.6 is 0 Å². The summed E-state index contributed by atoms with van der Waals surface area (Å²) in [5, 5.41) is 10.4. The minimum absolute atomic E-state index is 0.207. The predicted molar refractivity (Wildman–Crippen MR) is 90.4 cm³/mol. The average molecular weight is 301 g/mol. The van der Waals surface area contributed by atoms with Crippen molar-refractivity contribution in [3.63, 3.8) is 0 Å². The van der Waals surface area contributed by atoms with Gasteiger partial charge < -0.3 is 10.0 Å². The Kier molecular flexibility index (Phi) is 3.27. The molecule has 23 heavy (non-hydrogen) atoms. The molecule has 0 saturated carbocycles. The van der Waals surface area contributed by atoms with E-state index in [0.717, 1.165) is 22.6 Å². The third-order valence-corrected chi connectivity index (χ3v) is 3.95. The molecule has 1 N–H and O–H groups in total. The molecule has 0 saturated heterocycles. The van der Waals surface area contributed by atoms with Crippen molar-refractivity contribution < 1.29 is 5.11 Å². The summed E-state index contributed by atoms with van der Waals surface area (Å²) >= 11 is 0. The molecule has 1 atom stereocenters. The summed E-state index contributed by atoms with van der Waals surface area (Å²) in [7, 11) is 0. The highest BCUT2D eigenvalue weighted by molar-refractivity contribution is 5.82. The molecule has 1 aliphatic heterocycles. The second-order valence-electron chi connectivity index (χ2n) is 5.35. The molecular weight excluding hydrogens is 286 g/mol. The van der Waals surface area contributed by atoms with Crippen LogP contribution in [0.1, 0.15) is 17.3 Å². The smallest absolute Gasteiger partial charge is 0.123 e. The molecule has 0 bridgehead atoms. The van der Waals surface area contributed by atoms with Crippen LogP contribution in [-0.2, 0) is 0 Å². The molecular formula is C19H15N3O. The lowest BCUT2D eigenvalue weighted by Crippen LogP contribution is -2.27. The summed E-state index contributed by atoms with van der Waals surface area (Å²) < 4.78 is 0. The molecule has 0 spiro atoms. The van der Waals surface area contributed by atoms with Gasteiger partial charge in [-0.2, -0.15) is 0 Å². The van der Waals surface area contributed by atoms with Gasteiger partial charge in [0.15, 0.2) is 0 Å². The van der Waals surface area contributed by atoms with Crippen LogP contribution in [0.2, 0.25) is 0 Å². The van der Waals surface area contributed by atoms with E-state index in [1.54, 1.807) is 18.6 Å². The third kappa shape index (κ3) is 2.34. The highest BCUT2D eigenvalue weighted by atomic mass is 16.3. The summed E-state index contributed by atoms with van der Waals surface area (Å²) in [5.41, 5.74) is 3.60. The Morgan fingerprint density at radius 3 is 2.48 bits per heavy atom. The van der Waals surface area contributed by atoms with Gasteiger partial charge in [-0.15, -0.1) is 0 Å². The molecule has 0 radical (unpaired) electrons. The van der Waals surface area contributed by atoms with E-state index in [1.165, 1.54) is 0 Å². The lowest BCUT2D eigenvalue weighted by Gasteiger charge is -2.36. The van der Waals surface area contributed by atoms with Crippen molar-refractivity contribution >= 4 is 17.1 Å². The highest BCUT2D eigenvalue weighted by Gasteiger charge is 2.29. The number of anilines is 2. The van der Waals surface area contributed by atoms with Gasteiger partial charge in [0.1, 0.15) is 5.76 Å². The van der Waals surface area contributed by atoms with E-state index >= 15 is 0 Å². The van der Waals surface area contributed by atoms with Crippen LogP contribution in [0.5, 0.6) is 0 Å². The van der Waals surface area contributed by atoms with Crippen LogP contribution < -0.4 is 4.90 Å². The first-order valence-corrected chi connectivity index (χ1v) is 7.45. The highest BCUT2D eigenvalue weighted by Crippen LogP contribution is 2.43. The Hall–Kier alpha value is -3.14. The van der Waals surface area contributed by atoms with Gasteiger partial charge >= 0.3 is 0 Å². The van der Waals surface area contributed by atoms with Gasteiger partial charge in [0.2, 0.25) is 0 Å². The van der Waals surface area contributed by atoms with Gasteiger partial charge in [0, 0.05) is 23.6 Å². The van der Waals surface area contributed by atoms with Crippen LogP contribution in [0.25, 0.3) is 5.76 Å². The summed E-state index contributed by atoms with van der Waals surface area (Å²) in [4.78, 5) is 10.8. The Labute approximate surface area is 134 Å². The molecule has 0 fully saturated rings. The topological polar surface area (TPSA) is 49.3 Å². The Bertz CT molecular complexity index is 847. The first kappa shape index (κ1) is 13.5. The number of benzene rings is 2. The zero-order chi connectivity index (χ0) is 15.6. The van der Waals surface area contributed by atoms with E-state index in [4.69, 9.17) is 0 Å². The lowest BCUT2D eigenvalue weighted by molar-refractivity contribution is 0.503. The van der Waals surface area contributed by atoms with Crippen molar-refractivity contribution in [3.05, 3.63) is 90.5 Å². The number of rotatable bonds is 2. The standard InChI is InChI=1S/C19H15N3O/c23-19-12-18(16-13-20-10-11-21-16)22(14-6-2-1-3-7-14)17-9-5-4-8-15(17)19/h1-13,18,23H. The fourth-order valence-electron chi connectivity index (χ4n) is 2.93. The van der Waals surface area contributed by atoms with Gasteiger partial charge in [0.05, 0.1) is 23.6 Å². The maximum absolute atomic E-state index is 10.4. The summed E-state index contributed by atoms with van der Waals surface area (Å²) in [6.45, 7) is 0. The minimum Gasteiger partial charge on any atom is -0.507 e. The number of aliphatic hydroxyl groups is 1. The molecule has 0 amide bonds. The summed E-state index contributed by atoms with van der Waals surface area (Å²) in [5.74, 6) is 0.267. The third-order valence-electron chi connectivity index (χ3n) is 3.95. The number of nitrogens with zero attached hydrogens (tertiary/aromatic N) is 3. The van der Waals surface area contributed by atoms with Crippen LogP contribution in [0.3, 0.4) is 0 Å². The van der Waals surface area contributed by atoms with Gasteiger partial charge in [-0.3, -0.25) is 9.97 Å². The van der Waals surface area contributed by atoms with Crippen molar-refractivity contribution in [2.24, 2.45) is 0 Å². The molecule has 3 aromatic rings. The van der Waals surface area contributed by atoms with E-state index in [-0.39, 0.29) is 11.8 Å². The summed E-state index contributed by atoms with van der Waals surface area (Å²) in [6, 6.07) is 17.7. The normalized spacial score (nSPS) is 16.6. The van der Waals surface area contributed by atoms with Gasteiger partial charge in [-0.1, -0.05) is 30.3 Å². The molecule has 2 heterocycles. The average Bonchev–Trinajstić information content (AvgIpc) is 2.63. The van der Waals surface area contributed by atoms with Crippen molar-refractivity contribution in [2.45, 2.75) is 6.04 Å². The van der Waals surface area contributed by atoms with Crippen molar-refractivity contribution in [2.75, 3.05) is 4.90 Å². The maximum atomic E-state index is 10.4. The van der Waals surface area contributed by atoms with Crippen LogP contribution in [0, 0.1) is 0 Å². The largest absolute Gasteiger partial charge is 0.507 e. The van der Waals surface area contributed by atoms with E-state index in [1.807, 2.05) is 48.5 Å². The van der Waals surface area contributed by atoms with E-state index in [9.17, 15) is 5.11 Å². The number of fused-ring (bicyclic) bond motifs is 1. The van der Waals surface area contributed by atoms with Crippen molar-refractivity contribution in [1.82, 2.24) is 9.97 Å². The van der Waals surface area contributed by atoms with Crippen LogP contribution in [-0.4, -0.2) is 15.1 Å². The molecule has 112 valence electrons. The van der Waals surface area contributed by atoms with Crippen molar-refractivity contribution in [1.29, 1.82) is 0 Å². The molecule has 4 nitrogen and oxygen atoms in total. The Morgan fingerprint density at radius 2 is 1.70 bits per heavy atom. The fourth-order valence-corrected chi connectivity index (χ4v) is 2.93. The van der Waals surface area contributed by atoms with E-state index < -0.39 is 0 Å². The number of aromatic nitrogens is 2.